The number of fused-ring (bicyclic) bond motifs is 1. The van der Waals surface area contributed by atoms with E-state index in [2.05, 4.69) is 17.1 Å². The molecule has 2 aromatic rings. The highest BCUT2D eigenvalue weighted by Crippen LogP contribution is 2.17. The standard InChI is InChI=1S/C12H10N2/c1-9-7-11-5-4-10(3-2-6-13)8-12(11)14-9/h2-5,7-8,14H,1H3. The molecule has 0 unspecified atom stereocenters. The number of nitriles is 1. The largest absolute Gasteiger partial charge is 0.359 e. The van der Waals surface area contributed by atoms with Crippen LogP contribution in [0.25, 0.3) is 17.0 Å². The minimum atomic E-state index is 1.04. The molecular formula is C12H10N2. The van der Waals surface area contributed by atoms with Crippen molar-refractivity contribution in [3.63, 3.8) is 0 Å². The highest BCUT2D eigenvalue weighted by molar-refractivity contribution is 5.82. The van der Waals surface area contributed by atoms with Crippen molar-refractivity contribution < 1.29 is 0 Å². The van der Waals surface area contributed by atoms with Gasteiger partial charge in [-0.15, -0.1) is 0 Å². The van der Waals surface area contributed by atoms with Crippen molar-refractivity contribution in [3.8, 4) is 6.07 Å². The third kappa shape index (κ3) is 1.53. The molecule has 1 aromatic carbocycles. The molecule has 1 aromatic heterocycles. The summed E-state index contributed by atoms with van der Waals surface area (Å²) < 4.78 is 0. The van der Waals surface area contributed by atoms with E-state index in [1.165, 1.54) is 11.5 Å². The second-order valence-electron chi connectivity index (χ2n) is 3.26. The lowest BCUT2D eigenvalue weighted by Crippen LogP contribution is -1.72. The number of hydrogen-bond acceptors (Lipinski definition) is 1. The second-order valence-corrected chi connectivity index (χ2v) is 3.26. The Morgan fingerprint density at radius 3 is 3.00 bits per heavy atom. The molecule has 0 spiro atoms. The first kappa shape index (κ1) is 8.58. The molecule has 0 fully saturated rings. The SMILES string of the molecule is Cc1cc2ccc(C=CC#N)cc2[nH]1. The summed E-state index contributed by atoms with van der Waals surface area (Å²) in [6, 6.07) is 10.2. The average Bonchev–Trinajstić information content (AvgIpc) is 2.54. The topological polar surface area (TPSA) is 39.6 Å². The summed E-state index contributed by atoms with van der Waals surface area (Å²) in [5.74, 6) is 0. The first-order valence-electron chi connectivity index (χ1n) is 4.45. The second kappa shape index (κ2) is 3.39. The number of aromatic nitrogens is 1. The zero-order valence-corrected chi connectivity index (χ0v) is 7.91. The lowest BCUT2D eigenvalue weighted by Gasteiger charge is -1.92. The van der Waals surface area contributed by atoms with Gasteiger partial charge >= 0.3 is 0 Å². The Bertz CT molecular complexity index is 527. The molecule has 0 atom stereocenters. The van der Waals surface area contributed by atoms with Crippen molar-refractivity contribution in [2.75, 3.05) is 0 Å². The van der Waals surface area contributed by atoms with Gasteiger partial charge in [-0.05, 0) is 36.1 Å². The minimum Gasteiger partial charge on any atom is -0.359 e. The van der Waals surface area contributed by atoms with E-state index in [1.54, 1.807) is 6.08 Å². The van der Waals surface area contributed by atoms with Crippen LogP contribution in [-0.4, -0.2) is 4.98 Å². The summed E-state index contributed by atoms with van der Waals surface area (Å²) in [6.45, 7) is 2.03. The average molecular weight is 182 g/mol. The number of allylic oxidation sites excluding steroid dienone is 1. The Labute approximate surface area is 82.5 Å². The van der Waals surface area contributed by atoms with E-state index in [0.717, 1.165) is 16.8 Å². The lowest BCUT2D eigenvalue weighted by atomic mass is 10.1. The summed E-state index contributed by atoms with van der Waals surface area (Å²) in [6.07, 6.45) is 3.28. The molecule has 1 N–H and O–H groups in total. The molecule has 0 saturated heterocycles. The number of hydrogen-bond donors (Lipinski definition) is 1. The Balaban J connectivity index is 2.51. The van der Waals surface area contributed by atoms with Crippen molar-refractivity contribution in [3.05, 3.63) is 41.6 Å². The van der Waals surface area contributed by atoms with E-state index < -0.39 is 0 Å². The number of nitrogens with zero attached hydrogens (tertiary/aromatic N) is 1. The van der Waals surface area contributed by atoms with Crippen LogP contribution in [0.5, 0.6) is 0 Å². The van der Waals surface area contributed by atoms with E-state index in [9.17, 15) is 0 Å². The first-order valence-corrected chi connectivity index (χ1v) is 4.45. The van der Waals surface area contributed by atoms with Crippen LogP contribution in [0.4, 0.5) is 0 Å². The van der Waals surface area contributed by atoms with Crippen molar-refractivity contribution in [1.82, 2.24) is 4.98 Å². The van der Waals surface area contributed by atoms with E-state index in [0.29, 0.717) is 0 Å². The third-order valence-electron chi connectivity index (χ3n) is 2.13. The van der Waals surface area contributed by atoms with Crippen LogP contribution < -0.4 is 0 Å². The summed E-state index contributed by atoms with van der Waals surface area (Å²) in [5.41, 5.74) is 3.31. The van der Waals surface area contributed by atoms with Crippen molar-refractivity contribution in [2.45, 2.75) is 6.92 Å². The highest BCUT2D eigenvalue weighted by Gasteiger charge is 1.96. The maximum atomic E-state index is 8.40. The van der Waals surface area contributed by atoms with Gasteiger partial charge in [-0.1, -0.05) is 12.1 Å². The zero-order valence-electron chi connectivity index (χ0n) is 7.91. The maximum Gasteiger partial charge on any atom is 0.0912 e. The molecule has 0 radical (unpaired) electrons. The fraction of sp³-hybridized carbons (Fsp3) is 0.0833. The van der Waals surface area contributed by atoms with Crippen LogP contribution in [0, 0.1) is 18.3 Å². The Morgan fingerprint density at radius 2 is 2.21 bits per heavy atom. The quantitative estimate of drug-likeness (QED) is 0.676. The lowest BCUT2D eigenvalue weighted by molar-refractivity contribution is 1.30. The van der Waals surface area contributed by atoms with Crippen LogP contribution in [0.1, 0.15) is 11.3 Å². The Morgan fingerprint density at radius 1 is 1.36 bits per heavy atom. The molecule has 0 amide bonds. The molecule has 0 aliphatic rings. The van der Waals surface area contributed by atoms with Gasteiger partial charge < -0.3 is 4.98 Å². The molecule has 2 heteroatoms. The molecule has 1 heterocycles. The van der Waals surface area contributed by atoms with Crippen LogP contribution in [0.15, 0.2) is 30.3 Å². The van der Waals surface area contributed by atoms with Gasteiger partial charge in [0.05, 0.1) is 6.07 Å². The van der Waals surface area contributed by atoms with Gasteiger partial charge in [-0.3, -0.25) is 0 Å². The van der Waals surface area contributed by atoms with Gasteiger partial charge in [-0.2, -0.15) is 5.26 Å². The number of rotatable bonds is 1. The molecule has 0 aliphatic heterocycles. The van der Waals surface area contributed by atoms with Crippen LogP contribution in [0.2, 0.25) is 0 Å². The van der Waals surface area contributed by atoms with Crippen LogP contribution >= 0.6 is 0 Å². The smallest absolute Gasteiger partial charge is 0.0912 e. The number of nitrogens with one attached hydrogen (secondary N) is 1. The van der Waals surface area contributed by atoms with Crippen molar-refractivity contribution >= 4 is 17.0 Å². The fourth-order valence-corrected chi connectivity index (χ4v) is 1.53. The van der Waals surface area contributed by atoms with E-state index >= 15 is 0 Å². The number of benzene rings is 1. The normalized spacial score (nSPS) is 10.9. The van der Waals surface area contributed by atoms with Gasteiger partial charge in [-0.25, -0.2) is 0 Å². The van der Waals surface area contributed by atoms with Crippen LogP contribution in [-0.2, 0) is 0 Å². The molecule has 2 nitrogen and oxygen atoms in total. The van der Waals surface area contributed by atoms with Gasteiger partial charge in [0.1, 0.15) is 0 Å². The molecule has 14 heavy (non-hydrogen) atoms. The summed E-state index contributed by atoms with van der Waals surface area (Å²) in [7, 11) is 0. The summed E-state index contributed by atoms with van der Waals surface area (Å²) in [4.78, 5) is 3.26. The predicted molar refractivity (Wildman–Crippen MR) is 57.7 cm³/mol. The number of aryl methyl sites for hydroxylation is 1. The molecule has 2 rings (SSSR count). The predicted octanol–water partition coefficient (Wildman–Crippen LogP) is 3.01. The molecular weight excluding hydrogens is 172 g/mol. The summed E-state index contributed by atoms with van der Waals surface area (Å²) in [5, 5.41) is 9.61. The zero-order chi connectivity index (χ0) is 9.97. The third-order valence-corrected chi connectivity index (χ3v) is 2.13. The Kier molecular flexibility index (Phi) is 2.08. The fourth-order valence-electron chi connectivity index (χ4n) is 1.53. The number of H-pyrrole nitrogens is 1. The van der Waals surface area contributed by atoms with E-state index in [-0.39, 0.29) is 0 Å². The van der Waals surface area contributed by atoms with E-state index in [1.807, 2.05) is 25.1 Å². The molecule has 0 bridgehead atoms. The van der Waals surface area contributed by atoms with E-state index in [4.69, 9.17) is 5.26 Å². The maximum absolute atomic E-state index is 8.40. The highest BCUT2D eigenvalue weighted by atomic mass is 14.7. The molecule has 68 valence electrons. The van der Waals surface area contributed by atoms with Crippen molar-refractivity contribution in [2.24, 2.45) is 0 Å². The monoisotopic (exact) mass is 182 g/mol. The molecule has 0 aliphatic carbocycles. The van der Waals surface area contributed by atoms with Gasteiger partial charge in [0, 0.05) is 17.3 Å². The van der Waals surface area contributed by atoms with Gasteiger partial charge in [0.15, 0.2) is 0 Å². The number of aromatic amines is 1. The van der Waals surface area contributed by atoms with Gasteiger partial charge in [0.2, 0.25) is 0 Å². The van der Waals surface area contributed by atoms with Crippen LogP contribution in [0.3, 0.4) is 0 Å². The van der Waals surface area contributed by atoms with Crippen molar-refractivity contribution in [1.29, 1.82) is 5.26 Å². The first-order chi connectivity index (χ1) is 6.79. The minimum absolute atomic E-state index is 1.04. The van der Waals surface area contributed by atoms with Gasteiger partial charge in [0.25, 0.3) is 0 Å². The summed E-state index contributed by atoms with van der Waals surface area (Å²) >= 11 is 0. The molecule has 0 saturated carbocycles. The Hall–Kier alpha value is -2.01.